The van der Waals surface area contributed by atoms with E-state index in [0.717, 1.165) is 25.3 Å². The van der Waals surface area contributed by atoms with Crippen LogP contribution in [0.5, 0.6) is 5.75 Å². The molecule has 0 aromatic heterocycles. The second-order valence-corrected chi connectivity index (χ2v) is 6.21. The minimum Gasteiger partial charge on any atom is -0.492 e. The molecule has 4 nitrogen and oxygen atoms in total. The van der Waals surface area contributed by atoms with E-state index in [-0.39, 0.29) is 5.91 Å². The molecule has 1 fully saturated rings. The summed E-state index contributed by atoms with van der Waals surface area (Å²) in [5.41, 5.74) is 1.18. The molecular formula is C18H28N2O2. The van der Waals surface area contributed by atoms with Crippen LogP contribution in [-0.2, 0) is 4.79 Å². The first-order valence-electron chi connectivity index (χ1n) is 8.29. The van der Waals surface area contributed by atoms with Crippen LogP contribution < -0.4 is 10.1 Å². The molecule has 1 aromatic carbocycles. The number of rotatable bonds is 7. The zero-order valence-corrected chi connectivity index (χ0v) is 13.8. The molecule has 0 saturated carbocycles. The van der Waals surface area contributed by atoms with E-state index < -0.39 is 0 Å². The van der Waals surface area contributed by atoms with Crippen molar-refractivity contribution < 1.29 is 9.53 Å². The maximum Gasteiger partial charge on any atom is 0.222 e. The van der Waals surface area contributed by atoms with Crippen molar-refractivity contribution in [2.75, 3.05) is 33.3 Å². The quantitative estimate of drug-likeness (QED) is 0.842. The maximum atomic E-state index is 12.1. The van der Waals surface area contributed by atoms with Gasteiger partial charge in [0, 0.05) is 13.5 Å². The summed E-state index contributed by atoms with van der Waals surface area (Å²) in [6, 6.07) is 7.99. The number of hydrogen-bond acceptors (Lipinski definition) is 3. The van der Waals surface area contributed by atoms with Crippen LogP contribution in [-0.4, -0.2) is 44.1 Å². The van der Waals surface area contributed by atoms with Gasteiger partial charge in [0.2, 0.25) is 5.91 Å². The fourth-order valence-corrected chi connectivity index (χ4v) is 2.82. The molecular weight excluding hydrogens is 276 g/mol. The minimum absolute atomic E-state index is 0.228. The third-order valence-corrected chi connectivity index (χ3v) is 4.34. The van der Waals surface area contributed by atoms with Gasteiger partial charge in [-0.05, 0) is 62.9 Å². The largest absolute Gasteiger partial charge is 0.492 e. The summed E-state index contributed by atoms with van der Waals surface area (Å²) in [5.74, 6) is 1.81. The molecule has 2 rings (SSSR count). The van der Waals surface area contributed by atoms with Crippen LogP contribution in [0.25, 0.3) is 0 Å². The summed E-state index contributed by atoms with van der Waals surface area (Å²) >= 11 is 0. The van der Waals surface area contributed by atoms with Gasteiger partial charge in [0.1, 0.15) is 12.4 Å². The lowest BCUT2D eigenvalue weighted by Gasteiger charge is -2.23. The smallest absolute Gasteiger partial charge is 0.222 e. The third kappa shape index (κ3) is 5.68. The van der Waals surface area contributed by atoms with Crippen LogP contribution in [0.2, 0.25) is 0 Å². The number of nitrogens with zero attached hydrogens (tertiary/aromatic N) is 1. The highest BCUT2D eigenvalue weighted by Gasteiger charge is 2.16. The van der Waals surface area contributed by atoms with Gasteiger partial charge in [-0.15, -0.1) is 0 Å². The predicted molar refractivity (Wildman–Crippen MR) is 89.1 cm³/mol. The van der Waals surface area contributed by atoms with Crippen molar-refractivity contribution in [1.82, 2.24) is 10.2 Å². The molecule has 1 aliphatic heterocycles. The van der Waals surface area contributed by atoms with Crippen LogP contribution >= 0.6 is 0 Å². The van der Waals surface area contributed by atoms with Gasteiger partial charge in [-0.25, -0.2) is 0 Å². The maximum absolute atomic E-state index is 12.1. The molecule has 0 unspecified atom stereocenters. The number of ether oxygens (including phenoxy) is 1. The van der Waals surface area contributed by atoms with Crippen LogP contribution in [0.15, 0.2) is 24.3 Å². The Morgan fingerprint density at radius 2 is 2.14 bits per heavy atom. The standard InChI is InChI=1S/C18H28N2O2/c1-15-4-3-5-17(14-15)22-13-12-20(2)18(21)7-6-16-8-10-19-11-9-16/h3-5,14,16,19H,6-13H2,1-2H3. The van der Waals surface area contributed by atoms with Crippen molar-refractivity contribution in [3.63, 3.8) is 0 Å². The Kier molecular flexibility index (Phi) is 6.72. The molecule has 0 aliphatic carbocycles. The molecule has 4 heteroatoms. The SMILES string of the molecule is Cc1cccc(OCCN(C)C(=O)CCC2CCNCC2)c1. The van der Waals surface area contributed by atoms with E-state index in [1.165, 1.54) is 18.4 Å². The highest BCUT2D eigenvalue weighted by atomic mass is 16.5. The van der Waals surface area contributed by atoms with Crippen molar-refractivity contribution in [3.8, 4) is 5.75 Å². The van der Waals surface area contributed by atoms with Gasteiger partial charge in [0.05, 0.1) is 6.54 Å². The third-order valence-electron chi connectivity index (χ3n) is 4.34. The van der Waals surface area contributed by atoms with Gasteiger partial charge >= 0.3 is 0 Å². The molecule has 0 spiro atoms. The van der Waals surface area contributed by atoms with E-state index in [0.29, 0.717) is 25.5 Å². The highest BCUT2D eigenvalue weighted by Crippen LogP contribution is 2.18. The van der Waals surface area contributed by atoms with Crippen molar-refractivity contribution in [2.24, 2.45) is 5.92 Å². The summed E-state index contributed by atoms with van der Waals surface area (Å²) in [6.45, 7) is 5.42. The lowest BCUT2D eigenvalue weighted by molar-refractivity contribution is -0.130. The summed E-state index contributed by atoms with van der Waals surface area (Å²) in [5, 5.41) is 3.36. The Morgan fingerprint density at radius 3 is 2.86 bits per heavy atom. The van der Waals surface area contributed by atoms with Gasteiger partial charge in [0.25, 0.3) is 0 Å². The first-order chi connectivity index (χ1) is 10.6. The number of likely N-dealkylation sites (N-methyl/N-ethyl adjacent to an activating group) is 1. The number of piperidine rings is 1. The lowest BCUT2D eigenvalue weighted by atomic mass is 9.93. The molecule has 122 valence electrons. The number of benzene rings is 1. The van der Waals surface area contributed by atoms with E-state index in [2.05, 4.69) is 5.32 Å². The highest BCUT2D eigenvalue weighted by molar-refractivity contribution is 5.75. The van der Waals surface area contributed by atoms with E-state index in [9.17, 15) is 4.79 Å². The molecule has 1 aliphatic rings. The molecule has 0 atom stereocenters. The van der Waals surface area contributed by atoms with E-state index in [4.69, 9.17) is 4.74 Å². The molecule has 0 radical (unpaired) electrons. The Hall–Kier alpha value is -1.55. The number of carbonyl (C=O) groups excluding carboxylic acids is 1. The Morgan fingerprint density at radius 1 is 1.36 bits per heavy atom. The Bertz CT molecular complexity index is 470. The number of aryl methyl sites for hydroxylation is 1. The van der Waals surface area contributed by atoms with Gasteiger partial charge in [-0.1, -0.05) is 12.1 Å². The molecule has 0 bridgehead atoms. The normalized spacial score (nSPS) is 15.5. The lowest BCUT2D eigenvalue weighted by Crippen LogP contribution is -2.32. The van der Waals surface area contributed by atoms with E-state index in [1.54, 1.807) is 4.90 Å². The first-order valence-corrected chi connectivity index (χ1v) is 8.29. The molecule has 22 heavy (non-hydrogen) atoms. The molecule has 1 amide bonds. The summed E-state index contributed by atoms with van der Waals surface area (Å²) in [6.07, 6.45) is 4.08. The van der Waals surface area contributed by atoms with Gasteiger partial charge in [-0.3, -0.25) is 4.79 Å². The zero-order chi connectivity index (χ0) is 15.8. The number of hydrogen-bond donors (Lipinski definition) is 1. The van der Waals surface area contributed by atoms with Gasteiger partial charge < -0.3 is 15.0 Å². The van der Waals surface area contributed by atoms with E-state index >= 15 is 0 Å². The van der Waals surface area contributed by atoms with E-state index in [1.807, 2.05) is 38.2 Å². The molecule has 1 heterocycles. The monoisotopic (exact) mass is 304 g/mol. The topological polar surface area (TPSA) is 41.6 Å². The first kappa shape index (κ1) is 16.8. The fraction of sp³-hybridized carbons (Fsp3) is 0.611. The Labute approximate surface area is 133 Å². The molecule has 1 saturated heterocycles. The van der Waals surface area contributed by atoms with Crippen molar-refractivity contribution >= 4 is 5.91 Å². The summed E-state index contributed by atoms with van der Waals surface area (Å²) in [7, 11) is 1.87. The average molecular weight is 304 g/mol. The number of nitrogens with one attached hydrogen (secondary N) is 1. The van der Waals surface area contributed by atoms with Gasteiger partial charge in [0.15, 0.2) is 0 Å². The molecule has 1 N–H and O–H groups in total. The number of carbonyl (C=O) groups is 1. The summed E-state index contributed by atoms with van der Waals surface area (Å²) in [4.78, 5) is 13.9. The van der Waals surface area contributed by atoms with Crippen LogP contribution in [0, 0.1) is 12.8 Å². The van der Waals surface area contributed by atoms with Crippen LogP contribution in [0.4, 0.5) is 0 Å². The Balaban J connectivity index is 1.63. The second kappa shape index (κ2) is 8.79. The molecule has 1 aromatic rings. The minimum atomic E-state index is 0.228. The van der Waals surface area contributed by atoms with Gasteiger partial charge in [-0.2, -0.15) is 0 Å². The fourth-order valence-electron chi connectivity index (χ4n) is 2.82. The number of amides is 1. The second-order valence-electron chi connectivity index (χ2n) is 6.21. The van der Waals surface area contributed by atoms with Crippen LogP contribution in [0.1, 0.15) is 31.2 Å². The van der Waals surface area contributed by atoms with Crippen molar-refractivity contribution in [3.05, 3.63) is 29.8 Å². The average Bonchev–Trinajstić information content (AvgIpc) is 2.53. The predicted octanol–water partition coefficient (Wildman–Crippen LogP) is 2.61. The van der Waals surface area contributed by atoms with Crippen molar-refractivity contribution in [1.29, 1.82) is 0 Å². The van der Waals surface area contributed by atoms with Crippen LogP contribution in [0.3, 0.4) is 0 Å². The summed E-state index contributed by atoms with van der Waals surface area (Å²) < 4.78 is 5.70. The van der Waals surface area contributed by atoms with Crippen molar-refractivity contribution in [2.45, 2.75) is 32.6 Å². The zero-order valence-electron chi connectivity index (χ0n) is 13.8.